The number of fused-ring (bicyclic) bond motifs is 7. The van der Waals surface area contributed by atoms with Gasteiger partial charge < -0.3 is 28.4 Å². The number of anilines is 1. The summed E-state index contributed by atoms with van der Waals surface area (Å²) < 4.78 is 113. The van der Waals surface area contributed by atoms with Crippen LogP contribution in [0.2, 0.25) is 0 Å². The predicted octanol–water partition coefficient (Wildman–Crippen LogP) is 10.5. The fourth-order valence-electron chi connectivity index (χ4n) is 11.8. The van der Waals surface area contributed by atoms with Crippen LogP contribution in [0.4, 0.5) is 27.6 Å². The van der Waals surface area contributed by atoms with Crippen molar-refractivity contribution in [3.63, 3.8) is 0 Å². The van der Waals surface area contributed by atoms with Gasteiger partial charge in [-0.15, -0.1) is 0 Å². The molecule has 76 heavy (non-hydrogen) atoms. The normalized spacial score (nSPS) is 18.8. The van der Waals surface area contributed by atoms with Crippen molar-refractivity contribution < 1.29 is 58.4 Å². The summed E-state index contributed by atoms with van der Waals surface area (Å²) in [6, 6.07) is 42.1. The lowest BCUT2D eigenvalue weighted by Gasteiger charge is -2.49. The number of carbonyl (C=O) groups is 3. The van der Waals surface area contributed by atoms with Crippen molar-refractivity contribution >= 4 is 56.8 Å². The highest BCUT2D eigenvalue weighted by Crippen LogP contribution is 2.61. The maximum absolute atomic E-state index is 16.5. The maximum Gasteiger partial charge on any atom is 0.534 e. The summed E-state index contributed by atoms with van der Waals surface area (Å²) in [4.78, 5) is 46.8. The number of benzene rings is 6. The first-order chi connectivity index (χ1) is 36.3. The zero-order chi connectivity index (χ0) is 53.8. The Morgan fingerprint density at radius 2 is 1.26 bits per heavy atom. The number of piperazine rings is 1. The molecule has 4 heterocycles. The second kappa shape index (κ2) is 20.3. The molecule has 2 atom stereocenters. The zero-order valence-corrected chi connectivity index (χ0v) is 43.8. The molecule has 0 N–H and O–H groups in total. The minimum Gasteiger partial charge on any atom is -0.453 e. The van der Waals surface area contributed by atoms with Gasteiger partial charge in [-0.05, 0) is 106 Å². The van der Waals surface area contributed by atoms with Gasteiger partial charge in [0.1, 0.15) is 28.9 Å². The number of hydrogen-bond acceptors (Lipinski definition) is 9. The van der Waals surface area contributed by atoms with Crippen molar-refractivity contribution in [2.24, 2.45) is 0 Å². The van der Waals surface area contributed by atoms with Gasteiger partial charge in [0, 0.05) is 74.0 Å². The summed E-state index contributed by atoms with van der Waals surface area (Å²) in [6.07, 6.45) is 4.18. The highest BCUT2D eigenvalue weighted by molar-refractivity contribution is 7.95. The largest absolute Gasteiger partial charge is 0.534 e. The van der Waals surface area contributed by atoms with Crippen LogP contribution in [0, 0.1) is 11.6 Å². The molecule has 4 aliphatic heterocycles. The number of unbranched alkanes of at least 4 members (excludes halogenated alkanes) is 1. The van der Waals surface area contributed by atoms with Crippen molar-refractivity contribution in [3.05, 3.63) is 173 Å². The standard InChI is InChI=1S/C58H56F5N3O8PS/c1-38-37-56(2,3)66(48-36-49-45(34-43(38)48)57(44-25-14-13-24-42(44)55(69)73-57)46-35-47(59)54(52(60)53(46)72-49)74-76(70,71)58(61,62)63)28-17-27-51(68)65-31-29-64(30-32-65)50(67)26-15-16-33-75(39-18-7-4-8-19-39,40-20-9-5-10-21-40)41-22-11-6-12-23-41/h4-14,18-25,34-36,38H,15-17,26-33,37H2,1-3H3/q+1. The van der Waals surface area contributed by atoms with Crippen LogP contribution in [0.5, 0.6) is 17.2 Å². The molecule has 0 radical (unpaired) electrons. The van der Waals surface area contributed by atoms with Crippen LogP contribution in [0.15, 0.2) is 133 Å². The molecule has 396 valence electrons. The van der Waals surface area contributed by atoms with Gasteiger partial charge in [0.25, 0.3) is 0 Å². The average molecular weight is 1080 g/mol. The van der Waals surface area contributed by atoms with E-state index in [-0.39, 0.29) is 46.6 Å². The van der Waals surface area contributed by atoms with Gasteiger partial charge in [0.05, 0.1) is 17.3 Å². The first-order valence-electron chi connectivity index (χ1n) is 25.4. The summed E-state index contributed by atoms with van der Waals surface area (Å²) in [5, 5.41) is 3.91. The van der Waals surface area contributed by atoms with Gasteiger partial charge in [0.2, 0.25) is 23.4 Å². The minimum absolute atomic E-state index is 0.0548. The molecule has 2 unspecified atom stereocenters. The second-order valence-corrected chi connectivity index (χ2v) is 25.6. The SMILES string of the molecule is CC1CC(C)(C)N(CCCC(=O)N2CCN(C(=O)CCCC[P+](c3ccccc3)(c3ccccc3)c3ccccc3)CC2)c2cc3c(cc21)C1(OC(=O)c2ccccc21)c1cc(F)c(OS(=O)(=O)C(F)(F)F)c(F)c1O3. The molecule has 18 heteroatoms. The smallest absolute Gasteiger partial charge is 0.453 e. The topological polar surface area (TPSA) is 123 Å². The van der Waals surface area contributed by atoms with Crippen LogP contribution in [0.3, 0.4) is 0 Å². The lowest BCUT2D eigenvalue weighted by Crippen LogP contribution is -2.51. The van der Waals surface area contributed by atoms with Gasteiger partial charge in [-0.1, -0.05) is 79.7 Å². The monoisotopic (exact) mass is 1080 g/mol. The van der Waals surface area contributed by atoms with E-state index in [1.807, 2.05) is 43.9 Å². The Labute approximate surface area is 439 Å². The molecular formula is C58H56F5N3O8PS+. The molecule has 0 saturated carbocycles. The Balaban J connectivity index is 0.822. The number of amides is 2. The van der Waals surface area contributed by atoms with Gasteiger partial charge in [-0.25, -0.2) is 9.18 Å². The van der Waals surface area contributed by atoms with Crippen molar-refractivity contribution in [1.29, 1.82) is 0 Å². The first-order valence-corrected chi connectivity index (χ1v) is 28.8. The summed E-state index contributed by atoms with van der Waals surface area (Å²) >= 11 is 0. The molecule has 10 rings (SSSR count). The molecule has 0 aromatic heterocycles. The third-order valence-corrected chi connectivity index (χ3v) is 20.8. The predicted molar refractivity (Wildman–Crippen MR) is 281 cm³/mol. The quantitative estimate of drug-likeness (QED) is 0.0262. The van der Waals surface area contributed by atoms with E-state index < -0.39 is 68.7 Å². The van der Waals surface area contributed by atoms with E-state index in [0.29, 0.717) is 63.7 Å². The van der Waals surface area contributed by atoms with E-state index in [1.54, 1.807) is 29.2 Å². The van der Waals surface area contributed by atoms with Gasteiger partial charge >= 0.3 is 21.6 Å². The first kappa shape index (κ1) is 52.6. The average Bonchev–Trinajstić information content (AvgIpc) is 3.86. The summed E-state index contributed by atoms with van der Waals surface area (Å²) in [6.45, 7) is 8.13. The molecule has 6 aromatic carbocycles. The number of ether oxygens (including phenoxy) is 2. The van der Waals surface area contributed by atoms with Crippen LogP contribution in [-0.4, -0.2) is 85.9 Å². The fraction of sp³-hybridized carbons (Fsp3) is 0.328. The Kier molecular flexibility index (Phi) is 14.0. The Hall–Kier alpha value is -6.84. The minimum atomic E-state index is -6.53. The molecule has 6 aromatic rings. The number of esters is 1. The molecule has 4 aliphatic rings. The Morgan fingerprint density at radius 1 is 0.724 bits per heavy atom. The van der Waals surface area contributed by atoms with Gasteiger partial charge in [0.15, 0.2) is 17.2 Å². The third-order valence-electron chi connectivity index (χ3n) is 15.3. The molecule has 11 nitrogen and oxygen atoms in total. The van der Waals surface area contributed by atoms with E-state index in [2.05, 4.69) is 81.9 Å². The summed E-state index contributed by atoms with van der Waals surface area (Å²) in [5.41, 5.74) is -7.21. The number of hydrogen-bond donors (Lipinski definition) is 0. The van der Waals surface area contributed by atoms with Crippen LogP contribution >= 0.6 is 7.26 Å². The second-order valence-electron chi connectivity index (χ2n) is 20.4. The number of rotatable bonds is 14. The summed E-state index contributed by atoms with van der Waals surface area (Å²) in [5.74, 6) is -7.52. The van der Waals surface area contributed by atoms with Crippen LogP contribution in [0.1, 0.15) is 97.8 Å². The van der Waals surface area contributed by atoms with Crippen LogP contribution in [-0.2, 0) is 30.0 Å². The number of carbonyl (C=O) groups excluding carboxylic acids is 3. The van der Waals surface area contributed by atoms with Crippen molar-refractivity contribution in [2.45, 2.75) is 81.9 Å². The van der Waals surface area contributed by atoms with Gasteiger partial charge in [-0.3, -0.25) is 9.59 Å². The number of nitrogens with zero attached hydrogens (tertiary/aromatic N) is 3. The van der Waals surface area contributed by atoms with E-state index >= 15 is 8.78 Å². The Morgan fingerprint density at radius 3 is 1.83 bits per heavy atom. The van der Waals surface area contributed by atoms with Crippen molar-refractivity contribution in [2.75, 3.05) is 43.8 Å². The van der Waals surface area contributed by atoms with Gasteiger partial charge in [-0.2, -0.15) is 26.0 Å². The lowest BCUT2D eigenvalue weighted by atomic mass is 9.74. The Bertz CT molecular complexity index is 3230. The number of halogens is 5. The highest BCUT2D eigenvalue weighted by Gasteiger charge is 2.57. The van der Waals surface area contributed by atoms with E-state index in [0.717, 1.165) is 24.6 Å². The number of alkyl halides is 3. The molecule has 0 bridgehead atoms. The molecule has 1 saturated heterocycles. The van der Waals surface area contributed by atoms with Crippen LogP contribution < -0.4 is 29.7 Å². The van der Waals surface area contributed by atoms with Crippen molar-refractivity contribution in [1.82, 2.24) is 9.80 Å². The van der Waals surface area contributed by atoms with Crippen LogP contribution in [0.25, 0.3) is 0 Å². The summed E-state index contributed by atoms with van der Waals surface area (Å²) in [7, 11) is -8.55. The van der Waals surface area contributed by atoms with Crippen molar-refractivity contribution in [3.8, 4) is 17.2 Å². The molecule has 1 spiro atoms. The molecule has 0 aliphatic carbocycles. The fourth-order valence-corrected chi connectivity index (χ4v) is 16.6. The maximum atomic E-state index is 16.5. The zero-order valence-electron chi connectivity index (χ0n) is 42.1. The molecule has 2 amide bonds. The molecular weight excluding hydrogens is 1020 g/mol. The van der Waals surface area contributed by atoms with E-state index in [9.17, 15) is 36.0 Å². The molecule has 1 fully saturated rings. The third kappa shape index (κ3) is 9.26. The van der Waals surface area contributed by atoms with E-state index in [1.165, 1.54) is 28.0 Å². The van der Waals surface area contributed by atoms with E-state index in [4.69, 9.17) is 9.47 Å². The highest BCUT2D eigenvalue weighted by atomic mass is 32.2. The lowest BCUT2D eigenvalue weighted by molar-refractivity contribution is -0.139.